The minimum Gasteiger partial charge on any atom is -0.460 e. The van der Waals surface area contributed by atoms with Crippen molar-refractivity contribution < 1.29 is 71.6 Å². The second kappa shape index (κ2) is 26.0. The van der Waals surface area contributed by atoms with Gasteiger partial charge in [0.15, 0.2) is 5.17 Å². The van der Waals surface area contributed by atoms with Crippen LogP contribution in [0.15, 0.2) is 69.6 Å². The van der Waals surface area contributed by atoms with Gasteiger partial charge >= 0.3 is 11.9 Å². The first kappa shape index (κ1) is 63.2. The van der Waals surface area contributed by atoms with Gasteiger partial charge in [0.25, 0.3) is 11.4 Å². The third kappa shape index (κ3) is 15.1. The molecule has 21 nitrogen and oxygen atoms in total. The molecule has 0 aromatic heterocycles. The first-order valence-corrected chi connectivity index (χ1v) is 29.0. The van der Waals surface area contributed by atoms with Gasteiger partial charge in [-0.1, -0.05) is 11.8 Å². The van der Waals surface area contributed by atoms with Gasteiger partial charge in [-0.2, -0.15) is 0 Å². The number of hydrogen-bond donors (Lipinski definition) is 5. The monoisotopic (exact) mass is 1190 g/mol. The zero-order valence-electron chi connectivity index (χ0n) is 45.6. The molecule has 6 aliphatic heterocycles. The number of nitro groups is 2. The van der Waals surface area contributed by atoms with Gasteiger partial charge in [-0.3, -0.25) is 39.8 Å². The van der Waals surface area contributed by atoms with Gasteiger partial charge in [-0.05, 0) is 91.1 Å². The summed E-state index contributed by atoms with van der Waals surface area (Å²) < 4.78 is 72.0. The number of esters is 2. The molecule has 442 valence electrons. The Bertz CT molecular complexity index is 2930. The number of aliphatic imine (C=N–C) groups is 3. The Kier molecular flexibility index (Phi) is 20.3. The molecule has 7 N–H and O–H groups in total. The van der Waals surface area contributed by atoms with Gasteiger partial charge in [0, 0.05) is 81.7 Å². The quantitative estimate of drug-likeness (QED) is 0.0508. The summed E-state index contributed by atoms with van der Waals surface area (Å²) in [5, 5.41) is 51.9. The average Bonchev–Trinajstić information content (AvgIpc) is 3.59. The fraction of sp³-hybridized carbons (Fsp3) is 0.574. The first-order valence-electron chi connectivity index (χ1n) is 26.1. The van der Waals surface area contributed by atoms with Crippen LogP contribution in [-0.4, -0.2) is 139 Å². The van der Waals surface area contributed by atoms with Crippen LogP contribution in [0.2, 0.25) is 0 Å². The molecule has 0 saturated carbocycles. The molecule has 3 aromatic rings. The van der Waals surface area contributed by atoms with E-state index in [0.29, 0.717) is 63.0 Å². The van der Waals surface area contributed by atoms with E-state index in [1.807, 2.05) is 20.8 Å². The van der Waals surface area contributed by atoms with Gasteiger partial charge in [0.2, 0.25) is 0 Å². The van der Waals surface area contributed by atoms with Gasteiger partial charge < -0.3 is 50.5 Å². The highest BCUT2D eigenvalue weighted by atomic mass is 32.2. The SMILES string of the molecule is CC(C)(C)OC(=O)CC1=N[C@@]2(c3cc(N)ccc3F)CO[C@@H](CO)C[C@H]2CS1.CC(C)(C)OC(=O)CC1=N[C@@]2(c3cc([N+](=O)[O-])ccc3F)CO[C@@H](CO)C[C@H]2CS1.NC1=N[C@@]2(c3cc([N+](=O)[O-])ccc3F)CO[C@@H](CO)C[C@H]2CS1. The maximum Gasteiger partial charge on any atom is 0.312 e. The van der Waals surface area contributed by atoms with Gasteiger partial charge in [-0.15, -0.1) is 23.5 Å². The van der Waals surface area contributed by atoms with Crippen molar-refractivity contribution in [2.75, 3.05) is 62.6 Å². The Morgan fingerprint density at radius 3 is 1.31 bits per heavy atom. The number of rotatable bonds is 12. The molecule has 0 spiro atoms. The van der Waals surface area contributed by atoms with Crippen molar-refractivity contribution in [1.29, 1.82) is 0 Å². The van der Waals surface area contributed by atoms with Gasteiger partial charge in [0.05, 0.1) is 90.7 Å². The summed E-state index contributed by atoms with van der Waals surface area (Å²) in [6.07, 6.45) is 0.377. The standard InChI is InChI=1S/C20H25FN2O6S.C20H27FN2O4S.C14H16FN3O4S/c1-19(2,3)29-18(25)8-17-22-20(11-28-14(9-24)6-12(20)10-30-17)15-7-13(23(26)27)4-5-16(15)21;1-19(2,3)27-18(25)8-17-23-20(15-7-13(22)4-5-16(15)21)11-26-14(9-24)6-12(20)10-28-17;15-12-2-1-9(18(20)21)4-11(12)14-7-22-10(5-19)3-8(14)6-23-13(16)17-14/h4-5,7,12,14,24H,6,8-11H2,1-3H3;4-5,7,12,14,24H,6,8-11,22H2,1-3H3;1-2,4,8,10,19H,3,5-7H2,(H2,16,17)/t2*12-,14+,20-;8-,10+,14-/m000/s1. The smallest absolute Gasteiger partial charge is 0.312 e. The van der Waals surface area contributed by atoms with Crippen molar-refractivity contribution in [2.45, 2.75) is 120 Å². The highest BCUT2D eigenvalue weighted by Crippen LogP contribution is 2.51. The second-order valence-corrected chi connectivity index (χ2v) is 25.6. The van der Waals surface area contributed by atoms with Crippen LogP contribution in [0, 0.1) is 55.4 Å². The van der Waals surface area contributed by atoms with E-state index in [0.717, 1.165) is 24.3 Å². The largest absolute Gasteiger partial charge is 0.460 e. The van der Waals surface area contributed by atoms with Crippen molar-refractivity contribution in [3.05, 3.63) is 109 Å². The number of hydrogen-bond acceptors (Lipinski definition) is 22. The summed E-state index contributed by atoms with van der Waals surface area (Å²) in [5.41, 5.74) is 7.82. The molecule has 3 aromatic carbocycles. The Morgan fingerprint density at radius 1 is 0.605 bits per heavy atom. The molecular weight excluding hydrogens is 1120 g/mol. The fourth-order valence-corrected chi connectivity index (χ4v) is 14.1. The lowest BCUT2D eigenvalue weighted by atomic mass is 9.75. The number of aliphatic hydroxyl groups is 3. The number of non-ortho nitro benzene ring substituents is 2. The van der Waals surface area contributed by atoms with Crippen molar-refractivity contribution >= 4 is 79.5 Å². The number of nitrogens with two attached hydrogens (primary N) is 2. The minimum absolute atomic E-state index is 0.0300. The summed E-state index contributed by atoms with van der Waals surface area (Å²) in [6, 6.07) is 11.2. The van der Waals surface area contributed by atoms with Gasteiger partial charge in [0.1, 0.15) is 45.3 Å². The highest BCUT2D eigenvalue weighted by Gasteiger charge is 2.53. The number of carbonyl (C=O) groups is 2. The molecule has 3 saturated heterocycles. The van der Waals surface area contributed by atoms with E-state index in [-0.39, 0.29) is 111 Å². The number of benzene rings is 3. The second-order valence-electron chi connectivity index (χ2n) is 22.4. The number of nitrogens with zero attached hydrogens (tertiary/aromatic N) is 5. The zero-order chi connectivity index (χ0) is 59.2. The number of ether oxygens (including phenoxy) is 5. The molecule has 9 rings (SSSR count). The molecule has 27 heteroatoms. The Morgan fingerprint density at radius 2 is 0.951 bits per heavy atom. The summed E-state index contributed by atoms with van der Waals surface area (Å²) in [7, 11) is 0. The molecule has 81 heavy (non-hydrogen) atoms. The van der Waals surface area contributed by atoms with E-state index >= 15 is 0 Å². The van der Waals surface area contributed by atoms with Crippen molar-refractivity contribution in [2.24, 2.45) is 38.5 Å². The summed E-state index contributed by atoms with van der Waals surface area (Å²) >= 11 is 4.22. The lowest BCUT2D eigenvalue weighted by Crippen LogP contribution is -2.51. The van der Waals surface area contributed by atoms with E-state index in [1.165, 1.54) is 59.6 Å². The fourth-order valence-electron chi connectivity index (χ4n) is 10.6. The normalized spacial score (nSPS) is 28.0. The third-order valence-electron chi connectivity index (χ3n) is 14.3. The van der Waals surface area contributed by atoms with Crippen LogP contribution in [0.1, 0.15) is 90.3 Å². The van der Waals surface area contributed by atoms with Crippen LogP contribution in [0.4, 0.5) is 30.2 Å². The zero-order valence-corrected chi connectivity index (χ0v) is 48.1. The van der Waals surface area contributed by atoms with Crippen LogP contribution < -0.4 is 11.5 Å². The van der Waals surface area contributed by atoms with E-state index in [9.17, 15) is 58.3 Å². The van der Waals surface area contributed by atoms with Crippen molar-refractivity contribution in [3.8, 4) is 0 Å². The molecular formula is C54H68F3N7O14S3. The number of thioether (sulfide) groups is 3. The van der Waals surface area contributed by atoms with Crippen LogP contribution in [0.3, 0.4) is 0 Å². The topological polar surface area (TPSA) is 316 Å². The maximum absolute atomic E-state index is 14.9. The Balaban J connectivity index is 0.000000177. The number of anilines is 1. The predicted octanol–water partition coefficient (Wildman–Crippen LogP) is 7.47. The number of halogens is 3. The highest BCUT2D eigenvalue weighted by molar-refractivity contribution is 8.14. The van der Waals surface area contributed by atoms with E-state index in [2.05, 4.69) is 4.99 Å². The molecule has 6 aliphatic rings. The molecule has 3 fully saturated rings. The molecule has 0 radical (unpaired) electrons. The molecule has 0 bridgehead atoms. The number of carbonyl (C=O) groups excluding carboxylic acids is 2. The summed E-state index contributed by atoms with van der Waals surface area (Å²) in [4.78, 5) is 59.7. The minimum atomic E-state index is -1.20. The predicted molar refractivity (Wildman–Crippen MR) is 302 cm³/mol. The molecule has 0 unspecified atom stereocenters. The molecule has 0 aliphatic carbocycles. The number of nitro benzene ring substituents is 2. The molecule has 9 atom stereocenters. The van der Waals surface area contributed by atoms with Crippen LogP contribution in [0.5, 0.6) is 0 Å². The van der Waals surface area contributed by atoms with Crippen LogP contribution >= 0.6 is 35.3 Å². The maximum atomic E-state index is 14.9. The molecule has 0 amide bonds. The third-order valence-corrected chi connectivity index (χ3v) is 17.6. The van der Waals surface area contributed by atoms with E-state index < -0.39 is 67.2 Å². The number of nitrogen functional groups attached to an aromatic ring is 1. The Hall–Kier alpha value is -5.39. The average molecular weight is 1190 g/mol. The Labute approximate surface area is 478 Å². The van der Waals surface area contributed by atoms with E-state index in [1.54, 1.807) is 26.8 Å². The lowest BCUT2D eigenvalue weighted by Gasteiger charge is -2.46. The van der Waals surface area contributed by atoms with Crippen LogP contribution in [0.25, 0.3) is 0 Å². The van der Waals surface area contributed by atoms with Crippen molar-refractivity contribution in [3.63, 3.8) is 0 Å². The summed E-state index contributed by atoms with van der Waals surface area (Å²) in [6.45, 7) is 10.4. The molecule has 6 heterocycles. The number of amidine groups is 1. The number of aliphatic hydroxyl groups excluding tert-OH is 3. The number of fused-ring (bicyclic) bond motifs is 3. The summed E-state index contributed by atoms with van der Waals surface area (Å²) in [5.74, 6) is -1.04. The van der Waals surface area contributed by atoms with E-state index in [4.69, 9.17) is 45.1 Å². The van der Waals surface area contributed by atoms with Crippen molar-refractivity contribution in [1.82, 2.24) is 0 Å². The van der Waals surface area contributed by atoms with Crippen LogP contribution in [-0.2, 0) is 49.9 Å². The lowest BCUT2D eigenvalue weighted by molar-refractivity contribution is -0.385. The van der Waals surface area contributed by atoms with Gasteiger partial charge in [-0.25, -0.2) is 18.2 Å². The first-order chi connectivity index (χ1) is 38.1.